The lowest BCUT2D eigenvalue weighted by Crippen LogP contribution is -2.27. The molecule has 3 aromatic carbocycles. The Balaban J connectivity index is 1.25. The number of para-hydroxylation sites is 1. The predicted octanol–water partition coefficient (Wildman–Crippen LogP) is 4.58. The highest BCUT2D eigenvalue weighted by atomic mass is 32.2. The molecule has 0 saturated carbocycles. The zero-order valence-electron chi connectivity index (χ0n) is 18.5. The third-order valence-electron chi connectivity index (χ3n) is 5.84. The van der Waals surface area contributed by atoms with Gasteiger partial charge in [-0.1, -0.05) is 60.7 Å². The van der Waals surface area contributed by atoms with E-state index < -0.39 is 0 Å². The maximum atomic E-state index is 12.8. The molecule has 34 heavy (non-hydrogen) atoms. The van der Waals surface area contributed by atoms with Crippen molar-refractivity contribution in [2.75, 3.05) is 5.75 Å². The molecule has 0 unspecified atom stereocenters. The van der Waals surface area contributed by atoms with Crippen molar-refractivity contribution < 1.29 is 9.59 Å². The molecule has 1 saturated heterocycles. The standard InChI is InChI=1S/C27H24N4O2S/c32-25-18-34-27(31(25)17-20-6-2-1-3-7-20)22-12-10-21(11-13-22)26(33)29-16-23-8-4-5-9-24(23)30-15-14-28-19-30/h1-15,19,27H,16-18H2,(H,29,33)/t27-/m0/s1. The van der Waals surface area contributed by atoms with Gasteiger partial charge in [-0.2, -0.15) is 0 Å². The number of hydrogen-bond donors (Lipinski definition) is 1. The van der Waals surface area contributed by atoms with Crippen LogP contribution in [0.1, 0.15) is 32.4 Å². The van der Waals surface area contributed by atoms with Crippen LogP contribution in [0.25, 0.3) is 5.69 Å². The largest absolute Gasteiger partial charge is 0.348 e. The van der Waals surface area contributed by atoms with Crippen LogP contribution >= 0.6 is 11.8 Å². The van der Waals surface area contributed by atoms with Crippen LogP contribution in [0.2, 0.25) is 0 Å². The van der Waals surface area contributed by atoms with E-state index in [1.54, 1.807) is 24.3 Å². The van der Waals surface area contributed by atoms with Gasteiger partial charge < -0.3 is 14.8 Å². The van der Waals surface area contributed by atoms with Crippen LogP contribution < -0.4 is 5.32 Å². The molecule has 0 radical (unpaired) electrons. The third-order valence-corrected chi connectivity index (χ3v) is 7.09. The van der Waals surface area contributed by atoms with E-state index in [4.69, 9.17) is 0 Å². The van der Waals surface area contributed by atoms with E-state index in [1.807, 2.05) is 94.5 Å². The van der Waals surface area contributed by atoms with Gasteiger partial charge in [-0.05, 0) is 34.9 Å². The molecular formula is C27H24N4O2S. The number of nitrogens with zero attached hydrogens (tertiary/aromatic N) is 3. The summed E-state index contributed by atoms with van der Waals surface area (Å²) in [5, 5.41) is 2.96. The SMILES string of the molecule is O=C(NCc1ccccc1-n1ccnc1)c1ccc([C@@H]2SCC(=O)N2Cc2ccccc2)cc1. The van der Waals surface area contributed by atoms with Crippen LogP contribution in [0.3, 0.4) is 0 Å². The minimum absolute atomic E-state index is 0.0492. The van der Waals surface area contributed by atoms with Crippen molar-refractivity contribution in [2.24, 2.45) is 0 Å². The Morgan fingerprint density at radius 3 is 2.53 bits per heavy atom. The number of thioether (sulfide) groups is 1. The molecule has 5 rings (SSSR count). The number of carbonyl (C=O) groups is 2. The number of hydrogen-bond acceptors (Lipinski definition) is 4. The second-order valence-corrected chi connectivity index (χ2v) is 9.14. The Morgan fingerprint density at radius 2 is 1.76 bits per heavy atom. The minimum Gasteiger partial charge on any atom is -0.348 e. The van der Waals surface area contributed by atoms with Gasteiger partial charge >= 0.3 is 0 Å². The van der Waals surface area contributed by atoms with Gasteiger partial charge in [-0.3, -0.25) is 9.59 Å². The van der Waals surface area contributed by atoms with Crippen LogP contribution in [0.15, 0.2) is 97.6 Å². The molecule has 2 heterocycles. The Morgan fingerprint density at radius 1 is 1.00 bits per heavy atom. The van der Waals surface area contributed by atoms with Crippen molar-refractivity contribution in [1.82, 2.24) is 19.8 Å². The fourth-order valence-corrected chi connectivity index (χ4v) is 5.26. The average molecular weight is 469 g/mol. The molecule has 1 aliphatic heterocycles. The molecule has 1 fully saturated rings. The predicted molar refractivity (Wildman–Crippen MR) is 133 cm³/mol. The number of nitrogens with one attached hydrogen (secondary N) is 1. The first-order valence-electron chi connectivity index (χ1n) is 11.1. The summed E-state index contributed by atoms with van der Waals surface area (Å²) in [6.45, 7) is 0.989. The van der Waals surface area contributed by atoms with Crippen LogP contribution in [-0.2, 0) is 17.9 Å². The maximum absolute atomic E-state index is 12.8. The van der Waals surface area contributed by atoms with Crippen LogP contribution in [0.4, 0.5) is 0 Å². The molecule has 6 nitrogen and oxygen atoms in total. The second-order valence-electron chi connectivity index (χ2n) is 8.07. The van der Waals surface area contributed by atoms with Gasteiger partial charge in [-0.25, -0.2) is 4.98 Å². The molecule has 0 bridgehead atoms. The first kappa shape index (κ1) is 22.0. The number of aromatic nitrogens is 2. The molecule has 2 amide bonds. The quantitative estimate of drug-likeness (QED) is 0.431. The molecular weight excluding hydrogens is 444 g/mol. The van der Waals surface area contributed by atoms with E-state index >= 15 is 0 Å². The van der Waals surface area contributed by atoms with Crippen LogP contribution in [0, 0.1) is 0 Å². The molecule has 1 aromatic heterocycles. The summed E-state index contributed by atoms with van der Waals surface area (Å²) in [6, 6.07) is 25.5. The van der Waals surface area contributed by atoms with Gasteiger partial charge in [0.1, 0.15) is 5.37 Å². The van der Waals surface area contributed by atoms with Gasteiger partial charge in [0.2, 0.25) is 5.91 Å². The molecule has 1 atom stereocenters. The van der Waals surface area contributed by atoms with E-state index in [2.05, 4.69) is 10.3 Å². The molecule has 1 N–H and O–H groups in total. The normalized spacial score (nSPS) is 15.5. The molecule has 170 valence electrons. The van der Waals surface area contributed by atoms with Crippen molar-refractivity contribution in [1.29, 1.82) is 0 Å². The van der Waals surface area contributed by atoms with Crippen LogP contribution in [0.5, 0.6) is 0 Å². The molecule has 4 aromatic rings. The third kappa shape index (κ3) is 4.75. The zero-order valence-corrected chi connectivity index (χ0v) is 19.3. The highest BCUT2D eigenvalue weighted by molar-refractivity contribution is 8.00. The lowest BCUT2D eigenvalue weighted by atomic mass is 10.1. The Hall–Kier alpha value is -3.84. The fraction of sp³-hybridized carbons (Fsp3) is 0.148. The van der Waals surface area contributed by atoms with Gasteiger partial charge in [0.25, 0.3) is 5.91 Å². The summed E-state index contributed by atoms with van der Waals surface area (Å²) in [5.74, 6) is 0.469. The van der Waals surface area contributed by atoms with E-state index in [0.717, 1.165) is 22.4 Å². The molecule has 7 heteroatoms. The first-order chi connectivity index (χ1) is 16.7. The summed E-state index contributed by atoms with van der Waals surface area (Å²) >= 11 is 1.62. The van der Waals surface area contributed by atoms with E-state index in [-0.39, 0.29) is 17.2 Å². The number of benzene rings is 3. The number of amides is 2. The Labute approximate surface area is 202 Å². The second kappa shape index (κ2) is 9.97. The summed E-state index contributed by atoms with van der Waals surface area (Å²) in [4.78, 5) is 31.3. The lowest BCUT2D eigenvalue weighted by molar-refractivity contribution is -0.128. The van der Waals surface area contributed by atoms with Crippen molar-refractivity contribution in [3.8, 4) is 5.69 Å². The van der Waals surface area contributed by atoms with E-state index in [9.17, 15) is 9.59 Å². The van der Waals surface area contributed by atoms with E-state index in [1.165, 1.54) is 0 Å². The summed E-state index contributed by atoms with van der Waals surface area (Å²) in [5.41, 5.74) is 4.71. The zero-order chi connectivity index (χ0) is 23.3. The van der Waals surface area contributed by atoms with Gasteiger partial charge in [0.15, 0.2) is 0 Å². The van der Waals surface area contributed by atoms with E-state index in [0.29, 0.717) is 24.4 Å². The first-order valence-corrected chi connectivity index (χ1v) is 12.1. The number of carbonyl (C=O) groups excluding carboxylic acids is 2. The number of imidazole rings is 1. The molecule has 0 aliphatic carbocycles. The van der Waals surface area contributed by atoms with Gasteiger partial charge in [-0.15, -0.1) is 11.8 Å². The monoisotopic (exact) mass is 468 g/mol. The number of rotatable bonds is 7. The molecule has 0 spiro atoms. The molecule has 1 aliphatic rings. The van der Waals surface area contributed by atoms with Crippen molar-refractivity contribution in [2.45, 2.75) is 18.5 Å². The van der Waals surface area contributed by atoms with Crippen molar-refractivity contribution in [3.63, 3.8) is 0 Å². The van der Waals surface area contributed by atoms with Crippen molar-refractivity contribution >= 4 is 23.6 Å². The Bertz CT molecular complexity index is 1270. The lowest BCUT2D eigenvalue weighted by Gasteiger charge is -2.24. The maximum Gasteiger partial charge on any atom is 0.251 e. The smallest absolute Gasteiger partial charge is 0.251 e. The summed E-state index contributed by atoms with van der Waals surface area (Å²) in [6.07, 6.45) is 5.35. The Kier molecular flexibility index (Phi) is 6.44. The van der Waals surface area contributed by atoms with Crippen LogP contribution in [-0.4, -0.2) is 32.0 Å². The van der Waals surface area contributed by atoms with Gasteiger partial charge in [0, 0.05) is 31.0 Å². The average Bonchev–Trinajstić information content (AvgIpc) is 3.54. The summed E-state index contributed by atoms with van der Waals surface area (Å²) in [7, 11) is 0. The minimum atomic E-state index is -0.136. The highest BCUT2D eigenvalue weighted by Crippen LogP contribution is 2.39. The topological polar surface area (TPSA) is 67.2 Å². The van der Waals surface area contributed by atoms with Gasteiger partial charge in [0.05, 0.1) is 17.8 Å². The summed E-state index contributed by atoms with van der Waals surface area (Å²) < 4.78 is 1.93. The van der Waals surface area contributed by atoms with Crippen molar-refractivity contribution in [3.05, 3.63) is 120 Å². The fourth-order valence-electron chi connectivity index (χ4n) is 4.07. The highest BCUT2D eigenvalue weighted by Gasteiger charge is 2.32.